The average molecular weight is 365 g/mol. The lowest BCUT2D eigenvalue weighted by Gasteiger charge is -2.23. The fraction of sp³-hybridized carbons (Fsp3) is 0.222. The number of anilines is 2. The standard InChI is InChI=1S/C18H18F3N3O2/c1-11(18(26)22-12-6-4-3-5-7-12)24(2)10-15(25)23-14-9-8-13(19)16(20)17(14)21/h3-9,11H,10H2,1-2H3,(H,22,26)(H,23,25)/t11-/m1/s1. The van der Waals surface area contributed by atoms with Gasteiger partial charge in [0.05, 0.1) is 18.3 Å². The molecule has 0 fully saturated rings. The Balaban J connectivity index is 1.93. The molecule has 8 heteroatoms. The monoisotopic (exact) mass is 365 g/mol. The summed E-state index contributed by atoms with van der Waals surface area (Å²) in [5.74, 6) is -5.48. The number of carbonyl (C=O) groups is 2. The number of nitrogens with one attached hydrogen (secondary N) is 2. The number of hydrogen-bond donors (Lipinski definition) is 2. The van der Waals surface area contributed by atoms with Crippen LogP contribution in [0.25, 0.3) is 0 Å². The molecular formula is C18H18F3N3O2. The number of likely N-dealkylation sites (N-methyl/N-ethyl adjacent to an activating group) is 1. The molecule has 0 unspecified atom stereocenters. The van der Waals surface area contributed by atoms with Crippen molar-refractivity contribution >= 4 is 23.2 Å². The van der Waals surface area contributed by atoms with E-state index in [1.165, 1.54) is 11.9 Å². The molecule has 2 rings (SSSR count). The van der Waals surface area contributed by atoms with E-state index in [1.807, 2.05) is 6.07 Å². The number of hydrogen-bond acceptors (Lipinski definition) is 3. The third-order valence-corrected chi connectivity index (χ3v) is 3.78. The minimum Gasteiger partial charge on any atom is -0.325 e. The summed E-state index contributed by atoms with van der Waals surface area (Å²) in [5, 5.41) is 4.86. The van der Waals surface area contributed by atoms with Crippen LogP contribution in [0.15, 0.2) is 42.5 Å². The molecular weight excluding hydrogens is 347 g/mol. The van der Waals surface area contributed by atoms with Crippen molar-refractivity contribution in [2.75, 3.05) is 24.2 Å². The quantitative estimate of drug-likeness (QED) is 0.774. The Hall–Kier alpha value is -2.87. The van der Waals surface area contributed by atoms with Crippen LogP contribution >= 0.6 is 0 Å². The number of amides is 2. The van der Waals surface area contributed by atoms with Gasteiger partial charge in [-0.25, -0.2) is 13.2 Å². The van der Waals surface area contributed by atoms with Gasteiger partial charge in [0.15, 0.2) is 17.5 Å². The largest absolute Gasteiger partial charge is 0.325 e. The highest BCUT2D eigenvalue weighted by Crippen LogP contribution is 2.19. The van der Waals surface area contributed by atoms with E-state index in [1.54, 1.807) is 31.2 Å². The highest BCUT2D eigenvalue weighted by atomic mass is 19.2. The lowest BCUT2D eigenvalue weighted by molar-refractivity contribution is -0.122. The van der Waals surface area contributed by atoms with E-state index in [-0.39, 0.29) is 12.5 Å². The zero-order valence-electron chi connectivity index (χ0n) is 14.2. The van der Waals surface area contributed by atoms with E-state index in [4.69, 9.17) is 0 Å². The van der Waals surface area contributed by atoms with Gasteiger partial charge in [-0.15, -0.1) is 0 Å². The number of halogens is 3. The molecule has 26 heavy (non-hydrogen) atoms. The van der Waals surface area contributed by atoms with Crippen LogP contribution in [0.1, 0.15) is 6.92 Å². The molecule has 0 radical (unpaired) electrons. The van der Waals surface area contributed by atoms with Gasteiger partial charge in [0.1, 0.15) is 0 Å². The number of para-hydroxylation sites is 1. The molecule has 138 valence electrons. The molecule has 0 saturated heterocycles. The molecule has 0 heterocycles. The topological polar surface area (TPSA) is 61.4 Å². The highest BCUT2D eigenvalue weighted by Gasteiger charge is 2.21. The minimum absolute atomic E-state index is 0.248. The van der Waals surface area contributed by atoms with Crippen LogP contribution in [0.5, 0.6) is 0 Å². The molecule has 0 saturated carbocycles. The van der Waals surface area contributed by atoms with Gasteiger partial charge in [0.2, 0.25) is 11.8 Å². The number of carbonyl (C=O) groups excluding carboxylic acids is 2. The normalized spacial score (nSPS) is 11.9. The van der Waals surface area contributed by atoms with E-state index in [0.717, 1.165) is 6.07 Å². The van der Waals surface area contributed by atoms with Gasteiger partial charge in [0, 0.05) is 5.69 Å². The lowest BCUT2D eigenvalue weighted by Crippen LogP contribution is -2.43. The van der Waals surface area contributed by atoms with Gasteiger partial charge in [-0.3, -0.25) is 14.5 Å². The first kappa shape index (κ1) is 19.5. The molecule has 0 aliphatic carbocycles. The summed E-state index contributed by atoms with van der Waals surface area (Å²) in [4.78, 5) is 25.6. The van der Waals surface area contributed by atoms with Crippen molar-refractivity contribution in [3.05, 3.63) is 59.9 Å². The van der Waals surface area contributed by atoms with Crippen LogP contribution in [0, 0.1) is 17.5 Å². The van der Waals surface area contributed by atoms with E-state index < -0.39 is 35.1 Å². The van der Waals surface area contributed by atoms with Crippen molar-refractivity contribution in [1.82, 2.24) is 4.90 Å². The molecule has 0 spiro atoms. The van der Waals surface area contributed by atoms with Crippen molar-refractivity contribution < 1.29 is 22.8 Å². The van der Waals surface area contributed by atoms with E-state index in [9.17, 15) is 22.8 Å². The molecule has 2 aromatic rings. The Morgan fingerprint density at radius 3 is 2.31 bits per heavy atom. The SMILES string of the molecule is C[C@H](C(=O)Nc1ccccc1)N(C)CC(=O)Nc1ccc(F)c(F)c1F. The molecule has 0 aliphatic heterocycles. The Bertz CT molecular complexity index is 800. The second-order valence-electron chi connectivity index (χ2n) is 5.72. The third kappa shape index (κ3) is 4.82. The molecule has 5 nitrogen and oxygen atoms in total. The van der Waals surface area contributed by atoms with Crippen molar-refractivity contribution in [3.8, 4) is 0 Å². The van der Waals surface area contributed by atoms with E-state index in [0.29, 0.717) is 11.8 Å². The van der Waals surface area contributed by atoms with Crippen LogP contribution in [0.4, 0.5) is 24.5 Å². The molecule has 2 aromatic carbocycles. The first-order chi connectivity index (χ1) is 12.3. The maximum absolute atomic E-state index is 13.6. The van der Waals surface area contributed by atoms with Gasteiger partial charge >= 0.3 is 0 Å². The molecule has 0 aromatic heterocycles. The van der Waals surface area contributed by atoms with Gasteiger partial charge in [-0.2, -0.15) is 0 Å². The maximum Gasteiger partial charge on any atom is 0.241 e. The zero-order chi connectivity index (χ0) is 19.3. The van der Waals surface area contributed by atoms with Crippen LogP contribution in [0.2, 0.25) is 0 Å². The summed E-state index contributed by atoms with van der Waals surface area (Å²) in [6, 6.07) is 9.79. The number of benzene rings is 2. The summed E-state index contributed by atoms with van der Waals surface area (Å²) in [5.41, 5.74) is 0.148. The Kier molecular flexibility index (Phi) is 6.35. The summed E-state index contributed by atoms with van der Waals surface area (Å²) in [6.07, 6.45) is 0. The molecule has 2 amide bonds. The van der Waals surface area contributed by atoms with Crippen LogP contribution in [-0.4, -0.2) is 36.3 Å². The van der Waals surface area contributed by atoms with Crippen LogP contribution in [-0.2, 0) is 9.59 Å². The van der Waals surface area contributed by atoms with E-state index in [2.05, 4.69) is 10.6 Å². The predicted octanol–water partition coefficient (Wildman–Crippen LogP) is 3.00. The van der Waals surface area contributed by atoms with Crippen molar-refractivity contribution in [3.63, 3.8) is 0 Å². The molecule has 1 atom stereocenters. The van der Waals surface area contributed by atoms with Crippen molar-refractivity contribution in [1.29, 1.82) is 0 Å². The first-order valence-electron chi connectivity index (χ1n) is 7.79. The Morgan fingerprint density at radius 2 is 1.65 bits per heavy atom. The second-order valence-corrected chi connectivity index (χ2v) is 5.72. The Morgan fingerprint density at radius 1 is 1.00 bits per heavy atom. The summed E-state index contributed by atoms with van der Waals surface area (Å²) in [6.45, 7) is 1.35. The zero-order valence-corrected chi connectivity index (χ0v) is 14.2. The highest BCUT2D eigenvalue weighted by molar-refractivity contribution is 5.96. The van der Waals surface area contributed by atoms with Crippen molar-refractivity contribution in [2.24, 2.45) is 0 Å². The van der Waals surface area contributed by atoms with Gasteiger partial charge in [-0.1, -0.05) is 18.2 Å². The smallest absolute Gasteiger partial charge is 0.241 e. The fourth-order valence-electron chi connectivity index (χ4n) is 2.14. The first-order valence-corrected chi connectivity index (χ1v) is 7.79. The van der Waals surface area contributed by atoms with E-state index >= 15 is 0 Å². The molecule has 2 N–H and O–H groups in total. The second kappa shape index (κ2) is 8.48. The maximum atomic E-state index is 13.6. The third-order valence-electron chi connectivity index (χ3n) is 3.78. The van der Waals surface area contributed by atoms with Gasteiger partial charge in [0.25, 0.3) is 0 Å². The minimum atomic E-state index is -1.66. The van der Waals surface area contributed by atoms with Crippen LogP contribution < -0.4 is 10.6 Å². The lowest BCUT2D eigenvalue weighted by atomic mass is 10.2. The summed E-state index contributed by atoms with van der Waals surface area (Å²) in [7, 11) is 1.54. The van der Waals surface area contributed by atoms with Crippen LogP contribution in [0.3, 0.4) is 0 Å². The molecule has 0 aliphatic rings. The van der Waals surface area contributed by atoms with Gasteiger partial charge < -0.3 is 10.6 Å². The van der Waals surface area contributed by atoms with Gasteiger partial charge in [-0.05, 0) is 38.2 Å². The fourth-order valence-corrected chi connectivity index (χ4v) is 2.14. The summed E-state index contributed by atoms with van der Waals surface area (Å²) < 4.78 is 39.7. The van der Waals surface area contributed by atoms with Crippen molar-refractivity contribution in [2.45, 2.75) is 13.0 Å². The predicted molar refractivity (Wildman–Crippen MR) is 92.1 cm³/mol. The number of nitrogens with zero attached hydrogens (tertiary/aromatic N) is 1. The Labute approximate surface area is 148 Å². The summed E-state index contributed by atoms with van der Waals surface area (Å²) >= 11 is 0. The average Bonchev–Trinajstić information content (AvgIpc) is 2.62. The number of rotatable bonds is 6. The molecule has 0 bridgehead atoms.